The van der Waals surface area contributed by atoms with Gasteiger partial charge in [0.2, 0.25) is 0 Å². The third kappa shape index (κ3) is 4.25. The van der Waals surface area contributed by atoms with E-state index in [0.29, 0.717) is 12.1 Å². The van der Waals surface area contributed by atoms with Crippen molar-refractivity contribution < 1.29 is 14.7 Å². The van der Waals surface area contributed by atoms with Crippen LogP contribution in [0.3, 0.4) is 0 Å². The first-order chi connectivity index (χ1) is 12.0. The van der Waals surface area contributed by atoms with Crippen LogP contribution in [0.2, 0.25) is 0 Å². The summed E-state index contributed by atoms with van der Waals surface area (Å²) >= 11 is 0. The fraction of sp³-hybridized carbons (Fsp3) is 0.300. The van der Waals surface area contributed by atoms with E-state index >= 15 is 0 Å². The molecule has 5 heteroatoms. The molecule has 2 aromatic rings. The molecule has 1 aliphatic rings. The van der Waals surface area contributed by atoms with Crippen LogP contribution in [-0.4, -0.2) is 41.5 Å². The number of amides is 1. The number of nitrogens with zero attached hydrogens (tertiary/aromatic N) is 1. The smallest absolute Gasteiger partial charge is 0.335 e. The Labute approximate surface area is 147 Å². The lowest BCUT2D eigenvalue weighted by atomic mass is 10.00. The molecular formula is C20H22N2O3. The summed E-state index contributed by atoms with van der Waals surface area (Å²) in [6, 6.07) is 13.1. The van der Waals surface area contributed by atoms with Crippen molar-refractivity contribution in [3.8, 4) is 0 Å². The number of fused-ring (bicyclic) bond motifs is 1. The number of benzene rings is 2. The molecule has 2 aromatic carbocycles. The van der Waals surface area contributed by atoms with Crippen LogP contribution >= 0.6 is 0 Å². The largest absolute Gasteiger partial charge is 0.478 e. The van der Waals surface area contributed by atoms with E-state index in [1.165, 1.54) is 17.2 Å². The van der Waals surface area contributed by atoms with Gasteiger partial charge in [-0.1, -0.05) is 24.3 Å². The van der Waals surface area contributed by atoms with Crippen LogP contribution in [0.5, 0.6) is 0 Å². The Bertz CT molecular complexity index is 801. The van der Waals surface area contributed by atoms with Crippen LogP contribution in [0.4, 0.5) is 0 Å². The van der Waals surface area contributed by atoms with Crippen molar-refractivity contribution in [1.29, 1.82) is 0 Å². The maximum absolute atomic E-state index is 12.3. The minimum Gasteiger partial charge on any atom is -0.478 e. The molecule has 3 rings (SSSR count). The highest BCUT2D eigenvalue weighted by atomic mass is 16.4. The quantitative estimate of drug-likeness (QED) is 0.879. The predicted octanol–water partition coefficient (Wildman–Crippen LogP) is 2.48. The van der Waals surface area contributed by atoms with Gasteiger partial charge in [0.05, 0.1) is 5.56 Å². The van der Waals surface area contributed by atoms with Crippen LogP contribution in [0.1, 0.15) is 37.4 Å². The molecule has 5 nitrogen and oxygen atoms in total. The molecule has 1 aliphatic heterocycles. The number of hydrogen-bond donors (Lipinski definition) is 2. The van der Waals surface area contributed by atoms with Gasteiger partial charge in [-0.15, -0.1) is 0 Å². The zero-order valence-corrected chi connectivity index (χ0v) is 14.3. The molecule has 1 amide bonds. The van der Waals surface area contributed by atoms with E-state index in [1.807, 2.05) is 0 Å². The monoisotopic (exact) mass is 338 g/mol. The zero-order valence-electron chi connectivity index (χ0n) is 14.3. The molecule has 0 radical (unpaired) electrons. The van der Waals surface area contributed by atoms with Crippen molar-refractivity contribution in [2.75, 3.05) is 19.6 Å². The summed E-state index contributed by atoms with van der Waals surface area (Å²) in [6.45, 7) is 4.99. The summed E-state index contributed by atoms with van der Waals surface area (Å²) in [4.78, 5) is 25.7. The number of rotatable bonds is 5. The Hall–Kier alpha value is -2.66. The summed E-state index contributed by atoms with van der Waals surface area (Å²) in [5.41, 5.74) is 4.05. The molecular weight excluding hydrogens is 316 g/mol. The van der Waals surface area contributed by atoms with Crippen LogP contribution < -0.4 is 5.32 Å². The standard InChI is InChI=1S/C20H22N2O3/c1-14-10-17(12-18(11-14)20(24)25)19(23)21-7-9-22-8-6-15-4-2-3-5-16(15)13-22/h2-5,10-12H,6-9,13H2,1H3,(H,21,23)(H,24,25). The van der Waals surface area contributed by atoms with Crippen LogP contribution in [0.15, 0.2) is 42.5 Å². The Kier molecular flexibility index (Phi) is 5.14. The number of nitrogens with one attached hydrogen (secondary N) is 1. The van der Waals surface area contributed by atoms with E-state index < -0.39 is 5.97 Å². The average Bonchev–Trinajstić information content (AvgIpc) is 2.61. The maximum atomic E-state index is 12.3. The molecule has 0 bridgehead atoms. The number of carbonyl (C=O) groups is 2. The maximum Gasteiger partial charge on any atom is 0.335 e. The van der Waals surface area contributed by atoms with Crippen molar-refractivity contribution >= 4 is 11.9 Å². The lowest BCUT2D eigenvalue weighted by Gasteiger charge is -2.28. The summed E-state index contributed by atoms with van der Waals surface area (Å²) in [6.07, 6.45) is 1.03. The summed E-state index contributed by atoms with van der Waals surface area (Å²) in [5, 5.41) is 12.0. The first kappa shape index (κ1) is 17.2. The topological polar surface area (TPSA) is 69.6 Å². The fourth-order valence-electron chi connectivity index (χ4n) is 3.21. The van der Waals surface area contributed by atoms with Gasteiger partial charge in [0.15, 0.2) is 0 Å². The van der Waals surface area contributed by atoms with E-state index in [-0.39, 0.29) is 11.5 Å². The number of hydrogen-bond acceptors (Lipinski definition) is 3. The van der Waals surface area contributed by atoms with Crippen molar-refractivity contribution in [3.63, 3.8) is 0 Å². The lowest BCUT2D eigenvalue weighted by molar-refractivity contribution is 0.0696. The van der Waals surface area contributed by atoms with Gasteiger partial charge in [0, 0.05) is 31.7 Å². The Morgan fingerprint density at radius 2 is 1.84 bits per heavy atom. The second kappa shape index (κ2) is 7.49. The predicted molar refractivity (Wildman–Crippen MR) is 95.9 cm³/mol. The third-order valence-corrected chi connectivity index (χ3v) is 4.51. The van der Waals surface area contributed by atoms with Crippen molar-refractivity contribution in [3.05, 3.63) is 70.3 Å². The van der Waals surface area contributed by atoms with Gasteiger partial charge in [0.1, 0.15) is 0 Å². The van der Waals surface area contributed by atoms with E-state index in [2.05, 4.69) is 34.5 Å². The highest BCUT2D eigenvalue weighted by molar-refractivity contribution is 5.97. The van der Waals surface area contributed by atoms with Crippen LogP contribution in [-0.2, 0) is 13.0 Å². The van der Waals surface area contributed by atoms with Crippen molar-refractivity contribution in [1.82, 2.24) is 10.2 Å². The van der Waals surface area contributed by atoms with Crippen LogP contribution in [0, 0.1) is 6.92 Å². The lowest BCUT2D eigenvalue weighted by Crippen LogP contribution is -2.37. The fourth-order valence-corrected chi connectivity index (χ4v) is 3.21. The minimum absolute atomic E-state index is 0.137. The van der Waals surface area contributed by atoms with Gasteiger partial charge in [0.25, 0.3) is 5.91 Å². The minimum atomic E-state index is -1.02. The summed E-state index contributed by atoms with van der Waals surface area (Å²) < 4.78 is 0. The van der Waals surface area contributed by atoms with Gasteiger partial charge in [-0.05, 0) is 48.2 Å². The van der Waals surface area contributed by atoms with Crippen molar-refractivity contribution in [2.45, 2.75) is 19.9 Å². The molecule has 0 saturated heterocycles. The van der Waals surface area contributed by atoms with Crippen LogP contribution in [0.25, 0.3) is 0 Å². The first-order valence-corrected chi connectivity index (χ1v) is 8.45. The molecule has 25 heavy (non-hydrogen) atoms. The molecule has 0 fully saturated rings. The molecule has 0 aromatic heterocycles. The van der Waals surface area contributed by atoms with E-state index in [0.717, 1.165) is 31.6 Å². The zero-order chi connectivity index (χ0) is 17.8. The second-order valence-electron chi connectivity index (χ2n) is 6.44. The van der Waals surface area contributed by atoms with Gasteiger partial charge in [-0.3, -0.25) is 9.69 Å². The highest BCUT2D eigenvalue weighted by Gasteiger charge is 2.16. The summed E-state index contributed by atoms with van der Waals surface area (Å²) in [5.74, 6) is -1.26. The van der Waals surface area contributed by atoms with Crippen molar-refractivity contribution in [2.24, 2.45) is 0 Å². The number of carbonyl (C=O) groups excluding carboxylic acids is 1. The molecule has 130 valence electrons. The molecule has 0 unspecified atom stereocenters. The SMILES string of the molecule is Cc1cc(C(=O)O)cc(C(=O)NCCN2CCc3ccccc3C2)c1. The van der Waals surface area contributed by atoms with E-state index in [4.69, 9.17) is 5.11 Å². The van der Waals surface area contributed by atoms with Gasteiger partial charge in [-0.25, -0.2) is 4.79 Å². The Morgan fingerprint density at radius 3 is 2.60 bits per heavy atom. The number of carboxylic acids is 1. The average molecular weight is 338 g/mol. The second-order valence-corrected chi connectivity index (χ2v) is 6.44. The molecule has 0 aliphatic carbocycles. The molecule has 0 atom stereocenters. The normalized spacial score (nSPS) is 14.0. The molecule has 1 heterocycles. The number of carboxylic acid groups (broad SMARTS) is 1. The molecule has 0 spiro atoms. The van der Waals surface area contributed by atoms with Gasteiger partial charge < -0.3 is 10.4 Å². The third-order valence-electron chi connectivity index (χ3n) is 4.51. The summed E-state index contributed by atoms with van der Waals surface area (Å²) in [7, 11) is 0. The van der Waals surface area contributed by atoms with E-state index in [9.17, 15) is 9.59 Å². The molecule has 2 N–H and O–H groups in total. The Balaban J connectivity index is 1.54. The Morgan fingerprint density at radius 1 is 1.12 bits per heavy atom. The van der Waals surface area contributed by atoms with Gasteiger partial charge in [-0.2, -0.15) is 0 Å². The highest BCUT2D eigenvalue weighted by Crippen LogP contribution is 2.17. The first-order valence-electron chi connectivity index (χ1n) is 8.45. The van der Waals surface area contributed by atoms with Gasteiger partial charge >= 0.3 is 5.97 Å². The molecule has 0 saturated carbocycles. The van der Waals surface area contributed by atoms with E-state index in [1.54, 1.807) is 19.1 Å². The number of aryl methyl sites for hydroxylation is 1. The number of aromatic carboxylic acids is 1.